The standard InChI is InChI=1S/C14H7BrN2OS2/c15-13-6-5-9(18-13)7-10(8-16)19-14-17-11-3-1-2-4-12(11)20-14/h1-7H/b10-7+. The summed E-state index contributed by atoms with van der Waals surface area (Å²) < 4.78 is 7.99. The largest absolute Gasteiger partial charge is 0.450 e. The van der Waals surface area contributed by atoms with Gasteiger partial charge < -0.3 is 4.42 Å². The summed E-state index contributed by atoms with van der Waals surface area (Å²) in [6.07, 6.45) is 1.71. The lowest BCUT2D eigenvalue weighted by Crippen LogP contribution is -1.73. The Morgan fingerprint density at radius 3 is 2.90 bits per heavy atom. The van der Waals surface area contributed by atoms with E-state index in [0.717, 1.165) is 14.6 Å². The zero-order valence-electron chi connectivity index (χ0n) is 10.0. The van der Waals surface area contributed by atoms with E-state index in [4.69, 9.17) is 4.42 Å². The zero-order chi connectivity index (χ0) is 13.9. The molecule has 0 aliphatic rings. The number of thiazole rings is 1. The first kappa shape index (κ1) is 13.4. The van der Waals surface area contributed by atoms with Gasteiger partial charge in [0.1, 0.15) is 11.8 Å². The third-order valence-electron chi connectivity index (χ3n) is 2.45. The molecule has 0 atom stereocenters. The second kappa shape index (κ2) is 5.83. The number of hydrogen-bond acceptors (Lipinski definition) is 5. The van der Waals surface area contributed by atoms with Crippen molar-refractivity contribution >= 4 is 55.3 Å². The van der Waals surface area contributed by atoms with Crippen LogP contribution in [0.3, 0.4) is 0 Å². The van der Waals surface area contributed by atoms with Crippen LogP contribution in [0.2, 0.25) is 0 Å². The molecule has 0 aliphatic heterocycles. The lowest BCUT2D eigenvalue weighted by molar-refractivity contribution is 0.531. The van der Waals surface area contributed by atoms with Gasteiger partial charge in [0.25, 0.3) is 0 Å². The molecule has 0 saturated heterocycles. The number of allylic oxidation sites excluding steroid dienone is 1. The minimum absolute atomic E-state index is 0.547. The van der Waals surface area contributed by atoms with E-state index in [1.165, 1.54) is 11.8 Å². The number of benzene rings is 1. The van der Waals surface area contributed by atoms with Crippen LogP contribution in [0.5, 0.6) is 0 Å². The molecule has 0 radical (unpaired) electrons. The number of furan rings is 1. The molecule has 0 spiro atoms. The number of nitriles is 1. The van der Waals surface area contributed by atoms with Crippen molar-refractivity contribution in [1.82, 2.24) is 4.98 Å². The van der Waals surface area contributed by atoms with Crippen molar-refractivity contribution in [2.45, 2.75) is 4.34 Å². The number of hydrogen-bond donors (Lipinski definition) is 0. The molecule has 3 rings (SSSR count). The average molecular weight is 363 g/mol. The maximum absolute atomic E-state index is 9.21. The van der Waals surface area contributed by atoms with E-state index in [1.54, 1.807) is 29.5 Å². The highest BCUT2D eigenvalue weighted by Gasteiger charge is 2.08. The Morgan fingerprint density at radius 2 is 2.20 bits per heavy atom. The fraction of sp³-hybridized carbons (Fsp3) is 0. The number of halogens is 1. The lowest BCUT2D eigenvalue weighted by Gasteiger charge is -1.92. The number of para-hydroxylation sites is 1. The van der Waals surface area contributed by atoms with Gasteiger partial charge in [0, 0.05) is 6.08 Å². The van der Waals surface area contributed by atoms with Gasteiger partial charge in [-0.1, -0.05) is 12.1 Å². The summed E-state index contributed by atoms with van der Waals surface area (Å²) in [4.78, 5) is 5.04. The molecule has 0 saturated carbocycles. The highest BCUT2D eigenvalue weighted by molar-refractivity contribution is 9.10. The Labute approximate surface area is 132 Å². The van der Waals surface area contributed by atoms with Crippen molar-refractivity contribution in [3.8, 4) is 6.07 Å². The average Bonchev–Trinajstić information content (AvgIpc) is 3.03. The predicted molar refractivity (Wildman–Crippen MR) is 85.5 cm³/mol. The first-order valence-corrected chi connectivity index (χ1v) is 8.08. The molecule has 3 aromatic rings. The lowest BCUT2D eigenvalue weighted by atomic mass is 10.3. The van der Waals surface area contributed by atoms with Gasteiger partial charge in [-0.05, 0) is 52.0 Å². The molecule has 0 bridgehead atoms. The molecule has 3 nitrogen and oxygen atoms in total. The summed E-state index contributed by atoms with van der Waals surface area (Å²) in [5.41, 5.74) is 0.957. The van der Waals surface area contributed by atoms with Crippen LogP contribution in [0.1, 0.15) is 5.76 Å². The third kappa shape index (κ3) is 2.96. The van der Waals surface area contributed by atoms with Crippen molar-refractivity contribution in [2.24, 2.45) is 0 Å². The summed E-state index contributed by atoms with van der Waals surface area (Å²) in [6, 6.07) is 13.7. The van der Waals surface area contributed by atoms with E-state index >= 15 is 0 Å². The molecule has 0 N–H and O–H groups in total. The van der Waals surface area contributed by atoms with Gasteiger partial charge in [-0.2, -0.15) is 5.26 Å². The fourth-order valence-corrected chi connectivity index (χ4v) is 3.88. The van der Waals surface area contributed by atoms with Crippen molar-refractivity contribution in [3.63, 3.8) is 0 Å². The topological polar surface area (TPSA) is 49.8 Å². The van der Waals surface area contributed by atoms with Crippen LogP contribution in [0.15, 0.2) is 54.7 Å². The van der Waals surface area contributed by atoms with E-state index in [9.17, 15) is 5.26 Å². The van der Waals surface area contributed by atoms with Gasteiger partial charge in [-0.25, -0.2) is 4.98 Å². The Kier molecular flexibility index (Phi) is 3.92. The van der Waals surface area contributed by atoms with E-state index in [2.05, 4.69) is 27.0 Å². The summed E-state index contributed by atoms with van der Waals surface area (Å²) in [5.74, 6) is 0.641. The maximum atomic E-state index is 9.21. The Hall–Kier alpha value is -1.55. The molecule has 0 fully saturated rings. The molecule has 20 heavy (non-hydrogen) atoms. The van der Waals surface area contributed by atoms with Crippen molar-refractivity contribution < 1.29 is 4.42 Å². The van der Waals surface area contributed by atoms with Crippen LogP contribution in [-0.2, 0) is 0 Å². The third-order valence-corrected chi connectivity index (χ3v) is 4.90. The predicted octanol–water partition coefficient (Wildman–Crippen LogP) is 5.31. The second-order valence-corrected chi connectivity index (χ2v) is 6.91. The highest BCUT2D eigenvalue weighted by Crippen LogP contribution is 2.34. The number of thioether (sulfide) groups is 1. The van der Waals surface area contributed by atoms with E-state index in [0.29, 0.717) is 15.3 Å². The summed E-state index contributed by atoms with van der Waals surface area (Å²) >= 11 is 6.17. The molecule has 0 unspecified atom stereocenters. The Morgan fingerprint density at radius 1 is 1.35 bits per heavy atom. The number of rotatable bonds is 3. The fourth-order valence-electron chi connectivity index (χ4n) is 1.61. The molecule has 0 amide bonds. The van der Waals surface area contributed by atoms with Crippen molar-refractivity contribution in [2.75, 3.05) is 0 Å². The van der Waals surface area contributed by atoms with Crippen molar-refractivity contribution in [1.29, 1.82) is 5.26 Å². The first-order chi connectivity index (χ1) is 9.74. The molecule has 2 aromatic heterocycles. The van der Waals surface area contributed by atoms with Crippen LogP contribution < -0.4 is 0 Å². The van der Waals surface area contributed by atoms with Gasteiger partial charge in [0.2, 0.25) is 0 Å². The highest BCUT2D eigenvalue weighted by atomic mass is 79.9. The second-order valence-electron chi connectivity index (χ2n) is 3.81. The quantitative estimate of drug-likeness (QED) is 0.468. The number of fused-ring (bicyclic) bond motifs is 1. The van der Waals surface area contributed by atoms with Crippen LogP contribution in [-0.4, -0.2) is 4.98 Å². The molecule has 98 valence electrons. The minimum atomic E-state index is 0.547. The molecular formula is C14H7BrN2OS2. The van der Waals surface area contributed by atoms with Crippen LogP contribution in [0, 0.1) is 11.3 Å². The zero-order valence-corrected chi connectivity index (χ0v) is 13.3. The first-order valence-electron chi connectivity index (χ1n) is 5.65. The number of nitrogens with zero attached hydrogens (tertiary/aromatic N) is 2. The van der Waals surface area contributed by atoms with E-state index < -0.39 is 0 Å². The molecular weight excluding hydrogens is 356 g/mol. The summed E-state index contributed by atoms with van der Waals surface area (Å²) in [6.45, 7) is 0. The van der Waals surface area contributed by atoms with Crippen molar-refractivity contribution in [3.05, 3.63) is 51.7 Å². The van der Waals surface area contributed by atoms with Gasteiger partial charge in [0.15, 0.2) is 9.01 Å². The normalized spacial score (nSPS) is 11.7. The SMILES string of the molecule is N#C/C(=C\c1ccc(Br)o1)Sc1nc2ccccc2s1. The minimum Gasteiger partial charge on any atom is -0.450 e. The van der Waals surface area contributed by atoms with Crippen LogP contribution in [0.4, 0.5) is 0 Å². The summed E-state index contributed by atoms with van der Waals surface area (Å²) in [5, 5.41) is 9.21. The Balaban J connectivity index is 1.88. The molecule has 1 aromatic carbocycles. The summed E-state index contributed by atoms with van der Waals surface area (Å²) in [7, 11) is 0. The van der Waals surface area contributed by atoms with Gasteiger partial charge >= 0.3 is 0 Å². The molecule has 2 heterocycles. The smallest absolute Gasteiger partial charge is 0.169 e. The van der Waals surface area contributed by atoms with Gasteiger partial charge in [0.05, 0.1) is 15.1 Å². The van der Waals surface area contributed by atoms with E-state index in [-0.39, 0.29) is 0 Å². The number of aromatic nitrogens is 1. The van der Waals surface area contributed by atoms with Crippen LogP contribution in [0.25, 0.3) is 16.3 Å². The Bertz CT molecular complexity index is 796. The van der Waals surface area contributed by atoms with Gasteiger partial charge in [-0.15, -0.1) is 11.3 Å². The van der Waals surface area contributed by atoms with E-state index in [1.807, 2.05) is 24.3 Å². The maximum Gasteiger partial charge on any atom is 0.169 e. The molecule has 0 aliphatic carbocycles. The molecule has 6 heteroatoms. The monoisotopic (exact) mass is 362 g/mol. The van der Waals surface area contributed by atoms with Gasteiger partial charge in [-0.3, -0.25) is 0 Å². The van der Waals surface area contributed by atoms with Crippen LogP contribution >= 0.6 is 39.0 Å².